The third kappa shape index (κ3) is 9.20. The second-order valence-corrected chi connectivity index (χ2v) is 10.9. The van der Waals surface area contributed by atoms with E-state index in [1.165, 1.54) is 7.11 Å². The molecule has 2 amide bonds. The van der Waals surface area contributed by atoms with E-state index < -0.39 is 24.5 Å². The summed E-state index contributed by atoms with van der Waals surface area (Å²) in [5.74, 6) is 0.461. The maximum absolute atomic E-state index is 14.4. The van der Waals surface area contributed by atoms with Crippen LogP contribution in [0, 0.1) is 0 Å². The van der Waals surface area contributed by atoms with Crippen LogP contribution in [0.1, 0.15) is 52.7 Å². The van der Waals surface area contributed by atoms with Crippen LogP contribution in [0.2, 0.25) is 0 Å². The molecule has 0 aliphatic rings. The zero-order valence-corrected chi connectivity index (χ0v) is 25.3. The molecule has 3 aromatic rings. The van der Waals surface area contributed by atoms with Crippen LogP contribution in [0.5, 0.6) is 5.75 Å². The summed E-state index contributed by atoms with van der Waals surface area (Å²) in [4.78, 5) is 28.5. The van der Waals surface area contributed by atoms with Crippen molar-refractivity contribution in [3.63, 3.8) is 0 Å². The number of alkyl carbamates (subject to hydrolysis) is 1. The number of hydrogen-bond acceptors (Lipinski definition) is 6. The van der Waals surface area contributed by atoms with E-state index in [4.69, 9.17) is 18.9 Å². The molecule has 2 atom stereocenters. The van der Waals surface area contributed by atoms with Gasteiger partial charge in [0.15, 0.2) is 6.29 Å². The van der Waals surface area contributed by atoms with Crippen LogP contribution in [-0.2, 0) is 32.0 Å². The summed E-state index contributed by atoms with van der Waals surface area (Å²) in [5.41, 5.74) is 1.52. The standard InChI is InChI=1S/C33H44N2O6/c1-8-39-31(40-9-2)23(3)35(22-26-15-12-14-25-13-10-11-16-28(25)26)30(36)29(34-32(37)38-7)21-24-17-19-27(20-18-24)41-33(4,5)6/h10-20,23,29,31H,8-9,21-22H2,1-7H3,(H,34,37)/t23-,29-/m0/s1. The first-order valence-corrected chi connectivity index (χ1v) is 14.2. The summed E-state index contributed by atoms with van der Waals surface area (Å²) in [6, 6.07) is 20.3. The number of nitrogens with one attached hydrogen (secondary N) is 1. The number of carbonyl (C=O) groups excluding carboxylic acids is 2. The number of rotatable bonds is 13. The molecule has 0 aromatic heterocycles. The number of carbonyl (C=O) groups is 2. The summed E-state index contributed by atoms with van der Waals surface area (Å²) in [6.07, 6.45) is -1.06. The first-order valence-electron chi connectivity index (χ1n) is 14.2. The van der Waals surface area contributed by atoms with Crippen LogP contribution in [0.25, 0.3) is 10.8 Å². The molecule has 0 fully saturated rings. The average molecular weight is 565 g/mol. The Morgan fingerprint density at radius 1 is 0.902 bits per heavy atom. The fraction of sp³-hybridized carbons (Fsp3) is 0.455. The molecule has 3 rings (SSSR count). The lowest BCUT2D eigenvalue weighted by atomic mass is 10.0. The van der Waals surface area contributed by atoms with E-state index in [0.29, 0.717) is 19.8 Å². The lowest BCUT2D eigenvalue weighted by molar-refractivity contribution is -0.179. The molecule has 0 unspecified atom stereocenters. The molecule has 8 heteroatoms. The van der Waals surface area contributed by atoms with Gasteiger partial charge in [-0.1, -0.05) is 54.6 Å². The van der Waals surface area contributed by atoms with Crippen molar-refractivity contribution in [1.82, 2.24) is 10.2 Å². The van der Waals surface area contributed by atoms with E-state index >= 15 is 0 Å². The van der Waals surface area contributed by atoms with Crippen LogP contribution in [-0.4, -0.2) is 61.2 Å². The molecule has 1 N–H and O–H groups in total. The Morgan fingerprint density at radius 3 is 2.15 bits per heavy atom. The van der Waals surface area contributed by atoms with Gasteiger partial charge in [0.25, 0.3) is 0 Å². The fourth-order valence-corrected chi connectivity index (χ4v) is 4.72. The van der Waals surface area contributed by atoms with E-state index in [9.17, 15) is 9.59 Å². The Balaban J connectivity index is 1.98. The number of hydrogen-bond donors (Lipinski definition) is 1. The Bertz CT molecular complexity index is 1260. The molecule has 0 saturated heterocycles. The van der Waals surface area contributed by atoms with E-state index in [1.807, 2.05) is 108 Å². The molecule has 0 aliphatic carbocycles. The number of fused-ring (bicyclic) bond motifs is 1. The summed E-state index contributed by atoms with van der Waals surface area (Å²) < 4.78 is 22.7. The second-order valence-electron chi connectivity index (χ2n) is 10.9. The molecule has 41 heavy (non-hydrogen) atoms. The number of nitrogens with zero attached hydrogens (tertiary/aromatic N) is 1. The Hall–Kier alpha value is -3.62. The number of methoxy groups -OCH3 is 1. The lowest BCUT2D eigenvalue weighted by Crippen LogP contribution is -2.55. The third-order valence-corrected chi connectivity index (χ3v) is 6.61. The number of benzene rings is 3. The van der Waals surface area contributed by atoms with Gasteiger partial charge in [0.1, 0.15) is 17.4 Å². The zero-order valence-electron chi connectivity index (χ0n) is 25.3. The van der Waals surface area contributed by atoms with Gasteiger partial charge in [0, 0.05) is 26.2 Å². The predicted molar refractivity (Wildman–Crippen MR) is 161 cm³/mol. The number of ether oxygens (including phenoxy) is 4. The first-order chi connectivity index (χ1) is 19.6. The van der Waals surface area contributed by atoms with Crippen molar-refractivity contribution in [2.45, 2.75) is 78.5 Å². The predicted octanol–water partition coefficient (Wildman–Crippen LogP) is 6.10. The molecule has 0 bridgehead atoms. The largest absolute Gasteiger partial charge is 0.488 e. The monoisotopic (exact) mass is 564 g/mol. The van der Waals surface area contributed by atoms with Crippen molar-refractivity contribution in [3.8, 4) is 5.75 Å². The first kappa shape index (κ1) is 31.9. The van der Waals surface area contributed by atoms with Gasteiger partial charge in [-0.2, -0.15) is 0 Å². The molecular weight excluding hydrogens is 520 g/mol. The summed E-state index contributed by atoms with van der Waals surface area (Å²) in [7, 11) is 1.28. The van der Waals surface area contributed by atoms with Gasteiger partial charge in [0.2, 0.25) is 5.91 Å². The van der Waals surface area contributed by atoms with Crippen molar-refractivity contribution >= 4 is 22.8 Å². The molecule has 0 radical (unpaired) electrons. The van der Waals surface area contributed by atoms with Crippen molar-refractivity contribution in [3.05, 3.63) is 77.9 Å². The molecule has 0 saturated carbocycles. The highest BCUT2D eigenvalue weighted by Crippen LogP contribution is 2.24. The van der Waals surface area contributed by atoms with Crippen LogP contribution in [0.15, 0.2) is 66.7 Å². The van der Waals surface area contributed by atoms with E-state index in [-0.39, 0.29) is 17.9 Å². The normalized spacial score (nSPS) is 13.1. The summed E-state index contributed by atoms with van der Waals surface area (Å²) in [5, 5.41) is 4.90. The Kier molecular flexibility index (Phi) is 11.6. The van der Waals surface area contributed by atoms with Crippen LogP contribution < -0.4 is 10.1 Å². The van der Waals surface area contributed by atoms with E-state index in [0.717, 1.165) is 27.6 Å². The summed E-state index contributed by atoms with van der Waals surface area (Å²) in [6.45, 7) is 12.8. The molecule has 3 aromatic carbocycles. The van der Waals surface area contributed by atoms with Gasteiger partial charge in [-0.05, 0) is 75.6 Å². The molecule has 0 aliphatic heterocycles. The Morgan fingerprint density at radius 2 is 1.54 bits per heavy atom. The minimum absolute atomic E-state index is 0.260. The smallest absolute Gasteiger partial charge is 0.407 e. The van der Waals surface area contributed by atoms with Crippen LogP contribution in [0.4, 0.5) is 4.79 Å². The minimum Gasteiger partial charge on any atom is -0.488 e. The van der Waals surface area contributed by atoms with Crippen molar-refractivity contribution in [2.75, 3.05) is 20.3 Å². The Labute approximate surface area is 243 Å². The third-order valence-electron chi connectivity index (χ3n) is 6.61. The molecule has 8 nitrogen and oxygen atoms in total. The van der Waals surface area contributed by atoms with Gasteiger partial charge in [-0.15, -0.1) is 0 Å². The van der Waals surface area contributed by atoms with Crippen LogP contribution in [0.3, 0.4) is 0 Å². The van der Waals surface area contributed by atoms with Crippen molar-refractivity contribution in [1.29, 1.82) is 0 Å². The molecule has 0 spiro atoms. The van der Waals surface area contributed by atoms with Gasteiger partial charge in [-0.3, -0.25) is 4.79 Å². The van der Waals surface area contributed by atoms with Gasteiger partial charge in [-0.25, -0.2) is 4.79 Å². The average Bonchev–Trinajstić information content (AvgIpc) is 2.95. The van der Waals surface area contributed by atoms with Crippen molar-refractivity contribution in [2.24, 2.45) is 0 Å². The second kappa shape index (κ2) is 14.8. The van der Waals surface area contributed by atoms with E-state index in [1.54, 1.807) is 4.90 Å². The molecule has 222 valence electrons. The maximum Gasteiger partial charge on any atom is 0.407 e. The number of amides is 2. The van der Waals surface area contributed by atoms with Gasteiger partial charge < -0.3 is 29.2 Å². The quantitative estimate of drug-likeness (QED) is 0.253. The van der Waals surface area contributed by atoms with E-state index in [2.05, 4.69) is 5.32 Å². The molecular formula is C33H44N2O6. The van der Waals surface area contributed by atoms with Gasteiger partial charge >= 0.3 is 6.09 Å². The maximum atomic E-state index is 14.4. The minimum atomic E-state index is -0.891. The summed E-state index contributed by atoms with van der Waals surface area (Å²) >= 11 is 0. The zero-order chi connectivity index (χ0) is 30.0. The van der Waals surface area contributed by atoms with Crippen LogP contribution >= 0.6 is 0 Å². The highest BCUT2D eigenvalue weighted by atomic mass is 16.7. The highest BCUT2D eigenvalue weighted by molar-refractivity contribution is 5.88. The molecule has 0 heterocycles. The fourth-order valence-electron chi connectivity index (χ4n) is 4.72. The highest BCUT2D eigenvalue weighted by Gasteiger charge is 2.34. The van der Waals surface area contributed by atoms with Gasteiger partial charge in [0.05, 0.1) is 13.2 Å². The lowest BCUT2D eigenvalue weighted by Gasteiger charge is -2.36. The topological polar surface area (TPSA) is 86.3 Å². The SMILES string of the molecule is CCOC(OCC)[C@H](C)N(Cc1cccc2ccccc12)C(=O)[C@H](Cc1ccc(OC(C)(C)C)cc1)NC(=O)OC. The van der Waals surface area contributed by atoms with Crippen molar-refractivity contribution < 1.29 is 28.5 Å².